The fourth-order valence-corrected chi connectivity index (χ4v) is 4.38. The zero-order valence-corrected chi connectivity index (χ0v) is 17.5. The molecule has 0 atom stereocenters. The van der Waals surface area contributed by atoms with Crippen LogP contribution in [0.5, 0.6) is 0 Å². The Morgan fingerprint density at radius 1 is 0.385 bits per heavy atom. The third kappa shape index (κ3) is 3.21. The monoisotopic (exact) mass is 342 g/mol. The van der Waals surface area contributed by atoms with Crippen molar-refractivity contribution >= 4 is 0 Å². The fraction of sp³-hybridized carbons (Fsp3) is 0.308. The van der Waals surface area contributed by atoms with Crippen LogP contribution in [0, 0.1) is 55.4 Å². The lowest BCUT2D eigenvalue weighted by Gasteiger charge is -2.18. The van der Waals surface area contributed by atoms with E-state index in [0.29, 0.717) is 0 Å². The van der Waals surface area contributed by atoms with E-state index in [-0.39, 0.29) is 0 Å². The Balaban J connectivity index is 2.20. The molecule has 0 aromatic heterocycles. The van der Waals surface area contributed by atoms with Gasteiger partial charge in [0.25, 0.3) is 0 Å². The molecule has 0 radical (unpaired) electrons. The lowest BCUT2D eigenvalue weighted by molar-refractivity contribution is 1.26. The van der Waals surface area contributed by atoms with Gasteiger partial charge in [-0.3, -0.25) is 0 Å². The Hall–Kier alpha value is -2.34. The molecule has 0 nitrogen and oxygen atoms in total. The van der Waals surface area contributed by atoms with Gasteiger partial charge in [0.1, 0.15) is 0 Å². The van der Waals surface area contributed by atoms with Crippen molar-refractivity contribution in [3.8, 4) is 22.3 Å². The van der Waals surface area contributed by atoms with Crippen LogP contribution in [0.1, 0.15) is 44.5 Å². The smallest absolute Gasteiger partial charge is 0.0125 e. The summed E-state index contributed by atoms with van der Waals surface area (Å²) in [6.45, 7) is 17.7. The highest BCUT2D eigenvalue weighted by atomic mass is 14.2. The summed E-state index contributed by atoms with van der Waals surface area (Å²) < 4.78 is 0. The van der Waals surface area contributed by atoms with Gasteiger partial charge in [0, 0.05) is 0 Å². The third-order valence-corrected chi connectivity index (χ3v) is 5.71. The van der Waals surface area contributed by atoms with Crippen LogP contribution in [-0.4, -0.2) is 0 Å². The molecule has 3 rings (SSSR count). The Bertz CT molecular complexity index is 934. The van der Waals surface area contributed by atoms with Crippen LogP contribution in [0.25, 0.3) is 22.3 Å². The maximum absolute atomic E-state index is 2.36. The summed E-state index contributed by atoms with van der Waals surface area (Å²) >= 11 is 0. The van der Waals surface area contributed by atoms with Crippen molar-refractivity contribution in [3.63, 3.8) is 0 Å². The zero-order chi connectivity index (χ0) is 19.2. The van der Waals surface area contributed by atoms with Crippen molar-refractivity contribution in [2.75, 3.05) is 0 Å². The SMILES string of the molecule is Cc1cc(C)c(-c2cc(C)c(-c3cc(C)c(C)c(C)c3)c(C)c2)c(C)c1. The molecule has 0 amide bonds. The lowest BCUT2D eigenvalue weighted by Crippen LogP contribution is -1.96. The molecule has 0 saturated carbocycles. The third-order valence-electron chi connectivity index (χ3n) is 5.71. The Labute approximate surface area is 158 Å². The number of hydrogen-bond donors (Lipinski definition) is 0. The maximum atomic E-state index is 2.36. The highest BCUT2D eigenvalue weighted by Crippen LogP contribution is 2.36. The lowest BCUT2D eigenvalue weighted by atomic mass is 9.87. The Morgan fingerprint density at radius 3 is 1.08 bits per heavy atom. The number of hydrogen-bond acceptors (Lipinski definition) is 0. The summed E-state index contributed by atoms with van der Waals surface area (Å²) in [4.78, 5) is 0. The fourth-order valence-electron chi connectivity index (χ4n) is 4.38. The van der Waals surface area contributed by atoms with E-state index >= 15 is 0 Å². The van der Waals surface area contributed by atoms with E-state index in [1.165, 1.54) is 66.8 Å². The second kappa shape index (κ2) is 6.76. The number of benzene rings is 3. The van der Waals surface area contributed by atoms with Crippen molar-refractivity contribution in [1.29, 1.82) is 0 Å². The van der Waals surface area contributed by atoms with E-state index < -0.39 is 0 Å². The van der Waals surface area contributed by atoms with Crippen LogP contribution >= 0.6 is 0 Å². The van der Waals surface area contributed by atoms with Crippen LogP contribution in [0.3, 0.4) is 0 Å². The standard InChI is InChI=1S/C26H30/c1-15-9-18(4)25(19(5)10-15)24-13-20(6)26(21(7)14-24)23-11-16(2)22(8)17(3)12-23/h9-14H,1-8H3. The molecule has 3 aromatic rings. The van der Waals surface area contributed by atoms with Crippen molar-refractivity contribution < 1.29 is 0 Å². The first-order valence-corrected chi connectivity index (χ1v) is 9.46. The van der Waals surface area contributed by atoms with Gasteiger partial charge in [0.2, 0.25) is 0 Å². The Kier molecular flexibility index (Phi) is 4.80. The molecule has 3 aromatic carbocycles. The quantitative estimate of drug-likeness (QED) is 0.452. The summed E-state index contributed by atoms with van der Waals surface area (Å²) in [6, 6.07) is 14.0. The largest absolute Gasteiger partial charge is 0.0557 e. The second-order valence-corrected chi connectivity index (χ2v) is 7.99. The normalized spacial score (nSPS) is 11.1. The minimum Gasteiger partial charge on any atom is -0.0557 e. The number of aryl methyl sites for hydroxylation is 7. The van der Waals surface area contributed by atoms with Gasteiger partial charge in [-0.25, -0.2) is 0 Å². The van der Waals surface area contributed by atoms with Crippen molar-refractivity contribution in [1.82, 2.24) is 0 Å². The van der Waals surface area contributed by atoms with E-state index in [1.807, 2.05) is 0 Å². The van der Waals surface area contributed by atoms with E-state index in [4.69, 9.17) is 0 Å². The maximum Gasteiger partial charge on any atom is -0.0125 e. The average molecular weight is 343 g/mol. The molecule has 0 unspecified atom stereocenters. The van der Waals surface area contributed by atoms with E-state index in [0.717, 1.165) is 0 Å². The van der Waals surface area contributed by atoms with Crippen LogP contribution in [0.4, 0.5) is 0 Å². The highest BCUT2D eigenvalue weighted by molar-refractivity contribution is 5.80. The summed E-state index contributed by atoms with van der Waals surface area (Å²) in [6.07, 6.45) is 0. The molecule has 134 valence electrons. The van der Waals surface area contributed by atoms with Crippen LogP contribution < -0.4 is 0 Å². The molecule has 0 bridgehead atoms. The van der Waals surface area contributed by atoms with Gasteiger partial charge in [0.05, 0.1) is 0 Å². The van der Waals surface area contributed by atoms with Crippen LogP contribution in [-0.2, 0) is 0 Å². The molecule has 0 saturated heterocycles. The first-order chi connectivity index (χ1) is 12.2. The molecule has 0 heterocycles. The molecule has 26 heavy (non-hydrogen) atoms. The van der Waals surface area contributed by atoms with Crippen molar-refractivity contribution in [2.24, 2.45) is 0 Å². The van der Waals surface area contributed by atoms with E-state index in [9.17, 15) is 0 Å². The van der Waals surface area contributed by atoms with Gasteiger partial charge in [-0.15, -0.1) is 0 Å². The summed E-state index contributed by atoms with van der Waals surface area (Å²) in [5.74, 6) is 0. The average Bonchev–Trinajstić information content (AvgIpc) is 2.50. The van der Waals surface area contributed by atoms with Crippen molar-refractivity contribution in [2.45, 2.75) is 55.4 Å². The molecular formula is C26H30. The second-order valence-electron chi connectivity index (χ2n) is 7.99. The summed E-state index contributed by atoms with van der Waals surface area (Å²) in [5, 5.41) is 0. The van der Waals surface area contributed by atoms with Gasteiger partial charge >= 0.3 is 0 Å². The van der Waals surface area contributed by atoms with Crippen LogP contribution in [0.2, 0.25) is 0 Å². The first kappa shape index (κ1) is 18.5. The van der Waals surface area contributed by atoms with Gasteiger partial charge < -0.3 is 0 Å². The van der Waals surface area contributed by atoms with Gasteiger partial charge in [-0.1, -0.05) is 42.0 Å². The predicted octanol–water partition coefficient (Wildman–Crippen LogP) is 7.49. The number of rotatable bonds is 2. The Morgan fingerprint density at radius 2 is 0.692 bits per heavy atom. The topological polar surface area (TPSA) is 0 Å². The molecule has 0 aliphatic heterocycles. The minimum atomic E-state index is 1.33. The van der Waals surface area contributed by atoms with Gasteiger partial charge in [-0.05, 0) is 117 Å². The molecule has 0 heteroatoms. The molecule has 0 N–H and O–H groups in total. The molecule has 0 aliphatic carbocycles. The molecular weight excluding hydrogens is 312 g/mol. The zero-order valence-electron chi connectivity index (χ0n) is 17.5. The minimum absolute atomic E-state index is 1.33. The van der Waals surface area contributed by atoms with Gasteiger partial charge in [0.15, 0.2) is 0 Å². The highest BCUT2D eigenvalue weighted by Gasteiger charge is 2.13. The summed E-state index contributed by atoms with van der Waals surface area (Å²) in [5.41, 5.74) is 16.3. The summed E-state index contributed by atoms with van der Waals surface area (Å²) in [7, 11) is 0. The van der Waals surface area contributed by atoms with Gasteiger partial charge in [-0.2, -0.15) is 0 Å². The molecule has 0 spiro atoms. The van der Waals surface area contributed by atoms with E-state index in [2.05, 4.69) is 91.8 Å². The first-order valence-electron chi connectivity index (χ1n) is 9.46. The predicted molar refractivity (Wildman–Crippen MR) is 115 cm³/mol. The van der Waals surface area contributed by atoms with Crippen LogP contribution in [0.15, 0.2) is 36.4 Å². The van der Waals surface area contributed by atoms with E-state index in [1.54, 1.807) is 0 Å². The molecule has 0 aliphatic rings. The van der Waals surface area contributed by atoms with Crippen molar-refractivity contribution in [3.05, 3.63) is 80.9 Å². The molecule has 0 fully saturated rings.